The maximum absolute atomic E-state index is 13.8. The van der Waals surface area contributed by atoms with Crippen molar-refractivity contribution in [2.75, 3.05) is 19.6 Å². The van der Waals surface area contributed by atoms with Crippen LogP contribution >= 0.6 is 11.6 Å². The second kappa shape index (κ2) is 9.92. The molecule has 3 heterocycles. The van der Waals surface area contributed by atoms with E-state index in [9.17, 15) is 22.4 Å². The van der Waals surface area contributed by atoms with Crippen molar-refractivity contribution in [3.05, 3.63) is 64.5 Å². The summed E-state index contributed by atoms with van der Waals surface area (Å²) in [5.74, 6) is -3.32. The highest BCUT2D eigenvalue weighted by Gasteiger charge is 2.38. The van der Waals surface area contributed by atoms with E-state index in [1.807, 2.05) is 34.7 Å². The fraction of sp³-hybridized carbons (Fsp3) is 0.381. The maximum atomic E-state index is 13.8. The molecule has 1 aromatic heterocycles. The molecule has 2 aliphatic heterocycles. The minimum absolute atomic E-state index is 0.117. The van der Waals surface area contributed by atoms with E-state index in [1.165, 1.54) is 6.07 Å². The molecular formula is C21H21ClF4N4O3. The summed E-state index contributed by atoms with van der Waals surface area (Å²) >= 11 is 5.77. The van der Waals surface area contributed by atoms with Gasteiger partial charge in [0.25, 0.3) is 0 Å². The van der Waals surface area contributed by atoms with Crippen molar-refractivity contribution < 1.29 is 32.3 Å². The molecule has 0 bridgehead atoms. The van der Waals surface area contributed by atoms with Crippen molar-refractivity contribution in [1.29, 1.82) is 0 Å². The van der Waals surface area contributed by atoms with Gasteiger partial charge in [0.1, 0.15) is 5.82 Å². The standard InChI is InChI=1S/C19H20ClFN4O.C2HF3O2/c1-23-12-22-17-11-24(9-13-4-5-15(20)16(21)8-13)10-14(18(17)23)19(26)25-6-2-3-7-25;3-2(4,5)1(6)7/h2-5,8,12,14H,6-7,9-11H2,1H3;(H,6,7). The number of fused-ring (bicyclic) bond motifs is 1. The largest absolute Gasteiger partial charge is 0.490 e. The van der Waals surface area contributed by atoms with Gasteiger partial charge < -0.3 is 14.6 Å². The summed E-state index contributed by atoms with van der Waals surface area (Å²) in [5, 5.41) is 7.24. The summed E-state index contributed by atoms with van der Waals surface area (Å²) in [5.41, 5.74) is 2.74. The van der Waals surface area contributed by atoms with Crippen molar-refractivity contribution in [1.82, 2.24) is 19.4 Å². The van der Waals surface area contributed by atoms with Gasteiger partial charge in [-0.3, -0.25) is 9.69 Å². The molecule has 1 atom stereocenters. The number of benzene rings is 1. The quantitative estimate of drug-likeness (QED) is 0.529. The van der Waals surface area contributed by atoms with E-state index in [1.54, 1.807) is 12.4 Å². The number of aromatic nitrogens is 2. The van der Waals surface area contributed by atoms with Crippen LogP contribution in [0.25, 0.3) is 0 Å². The van der Waals surface area contributed by atoms with E-state index in [2.05, 4.69) is 9.88 Å². The number of hydrogen-bond donors (Lipinski definition) is 1. The highest BCUT2D eigenvalue weighted by Crippen LogP contribution is 2.30. The molecule has 4 rings (SSSR count). The number of carbonyl (C=O) groups excluding carboxylic acids is 1. The molecule has 1 unspecified atom stereocenters. The molecule has 7 nitrogen and oxygen atoms in total. The van der Waals surface area contributed by atoms with Gasteiger partial charge in [-0.05, 0) is 17.7 Å². The first-order valence-electron chi connectivity index (χ1n) is 9.87. The van der Waals surface area contributed by atoms with E-state index < -0.39 is 18.0 Å². The summed E-state index contributed by atoms with van der Waals surface area (Å²) in [6, 6.07) is 4.85. The molecule has 2 aromatic rings. The lowest BCUT2D eigenvalue weighted by Crippen LogP contribution is -2.43. The Balaban J connectivity index is 0.000000383. The number of carboxylic acid groups (broad SMARTS) is 1. The van der Waals surface area contributed by atoms with E-state index in [-0.39, 0.29) is 16.8 Å². The van der Waals surface area contributed by atoms with Crippen LogP contribution in [-0.2, 0) is 29.7 Å². The van der Waals surface area contributed by atoms with Crippen LogP contribution in [0.5, 0.6) is 0 Å². The Morgan fingerprint density at radius 2 is 1.88 bits per heavy atom. The van der Waals surface area contributed by atoms with Crippen molar-refractivity contribution in [3.8, 4) is 0 Å². The molecule has 2 aliphatic rings. The average Bonchev–Trinajstić information content (AvgIpc) is 3.40. The van der Waals surface area contributed by atoms with Crippen molar-refractivity contribution in [3.63, 3.8) is 0 Å². The van der Waals surface area contributed by atoms with Gasteiger partial charge in [0.05, 0.1) is 28.7 Å². The SMILES string of the molecule is Cn1cnc2c1C(C(=O)N1CC=CC1)CN(Cc1ccc(Cl)c(F)c1)C2.O=C(O)C(F)(F)F. The van der Waals surface area contributed by atoms with Crippen molar-refractivity contribution in [2.24, 2.45) is 7.05 Å². The second-order valence-corrected chi connectivity index (χ2v) is 8.08. The molecule has 1 N–H and O–H groups in total. The first kappa shape index (κ1) is 24.7. The molecule has 0 aliphatic carbocycles. The number of rotatable bonds is 3. The Morgan fingerprint density at radius 1 is 1.24 bits per heavy atom. The molecule has 0 radical (unpaired) electrons. The number of aliphatic carboxylic acids is 1. The average molecular weight is 489 g/mol. The van der Waals surface area contributed by atoms with Gasteiger partial charge in [-0.15, -0.1) is 0 Å². The smallest absolute Gasteiger partial charge is 0.475 e. The summed E-state index contributed by atoms with van der Waals surface area (Å²) < 4.78 is 47.4. The molecule has 0 saturated heterocycles. The Bertz CT molecular complexity index is 1060. The zero-order valence-electron chi connectivity index (χ0n) is 17.5. The number of hydrogen-bond acceptors (Lipinski definition) is 4. The molecule has 0 saturated carbocycles. The highest BCUT2D eigenvalue weighted by molar-refractivity contribution is 6.30. The van der Waals surface area contributed by atoms with E-state index >= 15 is 0 Å². The van der Waals surface area contributed by atoms with Gasteiger partial charge in [0.15, 0.2) is 0 Å². The first-order valence-corrected chi connectivity index (χ1v) is 10.3. The zero-order chi connectivity index (χ0) is 24.3. The van der Waals surface area contributed by atoms with Gasteiger partial charge >= 0.3 is 12.1 Å². The van der Waals surface area contributed by atoms with Crippen LogP contribution in [0.2, 0.25) is 5.02 Å². The lowest BCUT2D eigenvalue weighted by atomic mass is 9.96. The zero-order valence-corrected chi connectivity index (χ0v) is 18.3. The van der Waals surface area contributed by atoms with Crippen LogP contribution in [0, 0.1) is 5.82 Å². The maximum Gasteiger partial charge on any atom is 0.490 e. The first-order chi connectivity index (χ1) is 15.5. The van der Waals surface area contributed by atoms with Crippen LogP contribution < -0.4 is 0 Å². The Morgan fingerprint density at radius 3 is 2.45 bits per heavy atom. The molecule has 0 spiro atoms. The Hall–Kier alpha value is -2.92. The number of amides is 1. The van der Waals surface area contributed by atoms with Crippen LogP contribution in [0.1, 0.15) is 22.9 Å². The predicted octanol–water partition coefficient (Wildman–Crippen LogP) is 3.34. The van der Waals surface area contributed by atoms with Gasteiger partial charge in [-0.2, -0.15) is 13.2 Å². The van der Waals surface area contributed by atoms with Crippen molar-refractivity contribution >= 4 is 23.5 Å². The van der Waals surface area contributed by atoms with E-state index in [0.717, 1.165) is 17.0 Å². The van der Waals surface area contributed by atoms with E-state index in [4.69, 9.17) is 21.5 Å². The third kappa shape index (κ3) is 5.91. The summed E-state index contributed by atoms with van der Waals surface area (Å²) in [7, 11) is 1.93. The Labute approximate surface area is 191 Å². The number of imidazole rings is 1. The molecule has 1 amide bonds. The van der Waals surface area contributed by atoms with Crippen LogP contribution in [0.3, 0.4) is 0 Å². The molecule has 1 aromatic carbocycles. The minimum Gasteiger partial charge on any atom is -0.475 e. The number of halogens is 5. The number of aryl methyl sites for hydroxylation is 1. The number of alkyl halides is 3. The van der Waals surface area contributed by atoms with E-state index in [0.29, 0.717) is 32.7 Å². The fourth-order valence-electron chi connectivity index (χ4n) is 3.77. The lowest BCUT2D eigenvalue weighted by molar-refractivity contribution is -0.192. The fourth-order valence-corrected chi connectivity index (χ4v) is 3.89. The molecular weight excluding hydrogens is 468 g/mol. The second-order valence-electron chi connectivity index (χ2n) is 7.68. The predicted molar refractivity (Wildman–Crippen MR) is 111 cm³/mol. The summed E-state index contributed by atoms with van der Waals surface area (Å²) in [6.45, 7) is 3.09. The normalized spacial score (nSPS) is 18.0. The van der Waals surface area contributed by atoms with Gasteiger partial charge in [0.2, 0.25) is 5.91 Å². The molecule has 12 heteroatoms. The molecule has 0 fully saturated rings. The monoisotopic (exact) mass is 488 g/mol. The van der Waals surface area contributed by atoms with Crippen LogP contribution in [-0.4, -0.2) is 62.1 Å². The van der Waals surface area contributed by atoms with Crippen LogP contribution in [0.4, 0.5) is 17.6 Å². The van der Waals surface area contributed by atoms with Gasteiger partial charge in [-0.25, -0.2) is 14.2 Å². The third-order valence-corrected chi connectivity index (χ3v) is 5.57. The number of nitrogens with zero attached hydrogens (tertiary/aromatic N) is 4. The highest BCUT2D eigenvalue weighted by atomic mass is 35.5. The van der Waals surface area contributed by atoms with Crippen LogP contribution in [0.15, 0.2) is 36.7 Å². The van der Waals surface area contributed by atoms with Gasteiger partial charge in [-0.1, -0.05) is 29.8 Å². The third-order valence-electron chi connectivity index (χ3n) is 5.27. The molecule has 178 valence electrons. The number of carboxylic acids is 1. The minimum atomic E-state index is -5.08. The lowest BCUT2D eigenvalue weighted by Gasteiger charge is -2.34. The Kier molecular flexibility index (Phi) is 7.43. The number of carbonyl (C=O) groups is 2. The summed E-state index contributed by atoms with van der Waals surface area (Å²) in [6.07, 6.45) is 0.705. The molecule has 33 heavy (non-hydrogen) atoms. The topological polar surface area (TPSA) is 78.7 Å². The van der Waals surface area contributed by atoms with Crippen molar-refractivity contribution in [2.45, 2.75) is 25.2 Å². The van der Waals surface area contributed by atoms with Gasteiger partial charge in [0, 0.05) is 39.8 Å². The summed E-state index contributed by atoms with van der Waals surface area (Å²) in [4.78, 5) is 30.4.